The molecule has 0 unspecified atom stereocenters. The first-order valence-electron chi connectivity index (χ1n) is 8.18. The molecule has 7 heteroatoms. The Labute approximate surface area is 294 Å². The van der Waals surface area contributed by atoms with Gasteiger partial charge in [-0.2, -0.15) is 7.05 Å². The summed E-state index contributed by atoms with van der Waals surface area (Å²) in [6, 6.07) is 26.3. The summed E-state index contributed by atoms with van der Waals surface area (Å²) in [4.78, 5) is 0. The summed E-state index contributed by atoms with van der Waals surface area (Å²) in [6.07, 6.45) is 0. The standard InChI is InChI=1S/C9H14N.2C6H5F.CH4N.3CH4.3CH3.3Y/c1-10(2,3)9-7-5-4-6-8-9;2*7-6-4-2-1-3-5-6;1-2;;;;;;;;;/h4-8H,1-3H3;2*1-5H;2H,1H3;3*1H4;3*1H3;;;/q+1;;;-1;;;;3*-1;;;/i;2*7-1;;;;;;;;;;. The summed E-state index contributed by atoms with van der Waals surface area (Å²) in [7, 11) is 7.74. The molecule has 3 aromatic carbocycles. The van der Waals surface area contributed by atoms with E-state index < -0.39 is 0 Å². The molecule has 3 rings (SSSR count). The molecular weight excluding hydrogens is 667 g/mol. The molecule has 35 heavy (non-hydrogen) atoms. The van der Waals surface area contributed by atoms with E-state index in [0.29, 0.717) is 0 Å². The Morgan fingerprint density at radius 1 is 0.486 bits per heavy atom. The largest absolute Gasteiger partial charge is 0.680 e. The van der Waals surface area contributed by atoms with Gasteiger partial charge in [-0.1, -0.05) is 76.9 Å². The van der Waals surface area contributed by atoms with Crippen molar-refractivity contribution in [2.24, 2.45) is 0 Å². The number of para-hydroxylation sites is 1. The Morgan fingerprint density at radius 3 is 0.800 bits per heavy atom. The molecule has 0 atom stereocenters. The Kier molecular flexibility index (Phi) is 77.9. The van der Waals surface area contributed by atoms with Crippen LogP contribution in [0.2, 0.25) is 0 Å². The van der Waals surface area contributed by atoms with E-state index in [0.717, 1.165) is 4.48 Å². The number of rotatable bonds is 1. The molecular formula is C28H49F2N2Y3-3. The zero-order chi connectivity index (χ0) is 19.8. The van der Waals surface area contributed by atoms with Crippen molar-refractivity contribution in [3.63, 3.8) is 0 Å². The number of halogens is 2. The van der Waals surface area contributed by atoms with Crippen molar-refractivity contribution in [1.82, 2.24) is 4.48 Å². The summed E-state index contributed by atoms with van der Waals surface area (Å²) in [6.45, 7) is 0. The van der Waals surface area contributed by atoms with E-state index in [1.54, 1.807) is 36.4 Å². The monoisotopic (exact) mass is 716 g/mol. The second-order valence-corrected chi connectivity index (χ2v) is 5.94. The summed E-state index contributed by atoms with van der Waals surface area (Å²) < 4.78 is 24.7. The van der Waals surface area contributed by atoms with Crippen LogP contribution < -0.4 is 4.48 Å². The fourth-order valence-corrected chi connectivity index (χ4v) is 1.70. The van der Waals surface area contributed by atoms with Gasteiger partial charge < -0.3 is 28.0 Å². The van der Waals surface area contributed by atoms with Crippen molar-refractivity contribution < 1.29 is 107 Å². The summed E-state index contributed by atoms with van der Waals surface area (Å²) in [5.74, 6) is -0.356. The predicted octanol–water partition coefficient (Wildman–Crippen LogP) is 9.45. The average Bonchev–Trinajstić information content (AvgIpc) is 2.66. The number of hydrogen-bond donors (Lipinski definition) is 0. The first kappa shape index (κ1) is 65.1. The van der Waals surface area contributed by atoms with Crippen LogP contribution in [0.5, 0.6) is 0 Å². The molecule has 2 nitrogen and oxygen atoms in total. The molecule has 0 saturated heterocycles. The zero-order valence-electron chi connectivity index (χ0n) is 20.6. The Hall–Kier alpha value is 0.752. The minimum absolute atomic E-state index is 0. The SMILES string of the molecule is C.C.C.C[N+](C)(C)c1ccccc1.C[NH-].[18F]c1ccccc1.[18F]c1ccccc1.[CH3-].[CH3-].[CH3-].[Y].[Y].[Y]. The van der Waals surface area contributed by atoms with Crippen LogP contribution in [-0.4, -0.2) is 28.2 Å². The van der Waals surface area contributed by atoms with Gasteiger partial charge in [-0.05, 0) is 36.4 Å². The van der Waals surface area contributed by atoms with E-state index in [-0.39, 0.29) is 154 Å². The topological polar surface area (TPSA) is 23.8 Å². The Balaban J connectivity index is -0.0000000291. The molecule has 197 valence electrons. The third kappa shape index (κ3) is 39.4. The van der Waals surface area contributed by atoms with E-state index in [1.165, 1.54) is 37.0 Å². The molecule has 1 N–H and O–H groups in total. The van der Waals surface area contributed by atoms with E-state index in [1.807, 2.05) is 6.07 Å². The molecule has 0 aliphatic heterocycles. The van der Waals surface area contributed by atoms with Gasteiger partial charge >= 0.3 is 0 Å². The van der Waals surface area contributed by atoms with Gasteiger partial charge in [-0.15, -0.1) is 0 Å². The molecule has 3 radical (unpaired) electrons. The van der Waals surface area contributed by atoms with Crippen molar-refractivity contribution in [3.8, 4) is 0 Å². The minimum Gasteiger partial charge on any atom is -0.680 e. The first-order chi connectivity index (χ1) is 12.4. The number of nitrogens with one attached hydrogen (secondary N) is 1. The van der Waals surface area contributed by atoms with Crippen molar-refractivity contribution in [2.45, 2.75) is 22.3 Å². The third-order valence-electron chi connectivity index (χ3n) is 3.00. The molecule has 0 aliphatic rings. The maximum absolute atomic E-state index is 11.9. The summed E-state index contributed by atoms with van der Waals surface area (Å²) in [5.41, 5.74) is 7.09. The van der Waals surface area contributed by atoms with Crippen LogP contribution in [0.4, 0.5) is 14.5 Å². The first-order valence-corrected chi connectivity index (χ1v) is 8.18. The average molecular weight is 716 g/mol. The van der Waals surface area contributed by atoms with Crippen molar-refractivity contribution in [3.05, 3.63) is 131 Å². The summed E-state index contributed by atoms with van der Waals surface area (Å²) in [5, 5.41) is 0. The van der Waals surface area contributed by atoms with Gasteiger partial charge in [-0.25, -0.2) is 8.78 Å². The van der Waals surface area contributed by atoms with Gasteiger partial charge in [0, 0.05) is 98.1 Å². The van der Waals surface area contributed by atoms with Gasteiger partial charge in [0.2, 0.25) is 0 Å². The quantitative estimate of drug-likeness (QED) is 0.177. The molecule has 0 amide bonds. The van der Waals surface area contributed by atoms with Crippen molar-refractivity contribution >= 4 is 5.69 Å². The van der Waals surface area contributed by atoms with Crippen LogP contribution in [0, 0.1) is 33.9 Å². The Morgan fingerprint density at radius 2 is 0.686 bits per heavy atom. The molecule has 0 spiro atoms. The second-order valence-electron chi connectivity index (χ2n) is 5.94. The minimum atomic E-state index is -0.178. The maximum Gasteiger partial charge on any atom is 0.132 e. The normalized spacial score (nSPS) is 6.94. The van der Waals surface area contributed by atoms with E-state index in [9.17, 15) is 8.78 Å². The third-order valence-corrected chi connectivity index (χ3v) is 3.00. The van der Waals surface area contributed by atoms with Gasteiger partial charge in [-0.3, -0.25) is 4.48 Å². The zero-order valence-corrected chi connectivity index (χ0v) is 29.1. The van der Waals surface area contributed by atoms with Crippen LogP contribution in [0.3, 0.4) is 0 Å². The second kappa shape index (κ2) is 41.9. The fourth-order valence-electron chi connectivity index (χ4n) is 1.70. The van der Waals surface area contributed by atoms with E-state index >= 15 is 0 Å². The van der Waals surface area contributed by atoms with Gasteiger partial charge in [0.15, 0.2) is 0 Å². The fraction of sp³-hybridized carbons (Fsp3) is 0.250. The van der Waals surface area contributed by atoms with Gasteiger partial charge in [0.1, 0.15) is 17.3 Å². The van der Waals surface area contributed by atoms with Crippen molar-refractivity contribution in [2.75, 3.05) is 28.2 Å². The Bertz CT molecular complexity index is 645. The molecule has 0 aromatic heterocycles. The number of benzene rings is 3. The van der Waals surface area contributed by atoms with Crippen LogP contribution in [-0.2, 0) is 98.1 Å². The predicted molar refractivity (Wildman–Crippen MR) is 148 cm³/mol. The smallest absolute Gasteiger partial charge is 0.132 e. The van der Waals surface area contributed by atoms with Crippen LogP contribution >= 0.6 is 0 Å². The van der Waals surface area contributed by atoms with Gasteiger partial charge in [0.25, 0.3) is 0 Å². The molecule has 0 fully saturated rings. The van der Waals surface area contributed by atoms with E-state index in [2.05, 4.69) is 45.4 Å². The number of quaternary nitrogens is 1. The molecule has 0 bridgehead atoms. The molecule has 0 saturated carbocycles. The van der Waals surface area contributed by atoms with E-state index in [4.69, 9.17) is 5.73 Å². The van der Waals surface area contributed by atoms with Crippen LogP contribution in [0.1, 0.15) is 22.3 Å². The molecule has 0 heterocycles. The summed E-state index contributed by atoms with van der Waals surface area (Å²) >= 11 is 0. The van der Waals surface area contributed by atoms with Gasteiger partial charge in [0.05, 0.1) is 21.1 Å². The maximum atomic E-state index is 11.9. The number of hydrogen-bond acceptors (Lipinski definition) is 0. The van der Waals surface area contributed by atoms with Crippen LogP contribution in [0.15, 0.2) is 91.0 Å². The molecule has 0 aliphatic carbocycles. The molecule has 3 aromatic rings. The number of nitrogens with zero attached hydrogens (tertiary/aromatic N) is 1. The van der Waals surface area contributed by atoms with Crippen molar-refractivity contribution in [1.29, 1.82) is 0 Å². The van der Waals surface area contributed by atoms with Crippen LogP contribution in [0.25, 0.3) is 5.73 Å².